The Morgan fingerprint density at radius 1 is 0.521 bits per heavy atom. The number of benzene rings is 6. The quantitative estimate of drug-likeness (QED) is 0.145. The molecule has 0 aliphatic rings. The third kappa shape index (κ3) is 5.47. The van der Waals surface area contributed by atoms with E-state index in [0.29, 0.717) is 32.8 Å². The molecule has 0 saturated carbocycles. The molecule has 2 aromatic heterocycles. The first kappa shape index (κ1) is 29.9. The summed E-state index contributed by atoms with van der Waals surface area (Å²) >= 11 is 0. The minimum absolute atomic E-state index is 0.179. The highest BCUT2D eigenvalue weighted by molar-refractivity contribution is 7.92. The monoisotopic (exact) mass is 674 g/mol. The van der Waals surface area contributed by atoms with E-state index in [1.54, 1.807) is 36.4 Å². The zero-order chi connectivity index (χ0) is 33.2. The molecule has 14 heteroatoms. The van der Waals surface area contributed by atoms with Crippen molar-refractivity contribution >= 4 is 76.8 Å². The van der Waals surface area contributed by atoms with Crippen LogP contribution in [-0.4, -0.2) is 48.2 Å². The van der Waals surface area contributed by atoms with Crippen molar-refractivity contribution in [2.75, 3.05) is 0 Å². The van der Waals surface area contributed by atoms with E-state index in [1.165, 1.54) is 33.9 Å². The van der Waals surface area contributed by atoms with Crippen LogP contribution in [0.15, 0.2) is 119 Å². The highest BCUT2D eigenvalue weighted by atomic mass is 32.3. The predicted octanol–water partition coefficient (Wildman–Crippen LogP) is 6.55. The van der Waals surface area contributed by atoms with Crippen LogP contribution < -0.4 is 0 Å². The Kier molecular flexibility index (Phi) is 6.89. The lowest BCUT2D eigenvalue weighted by Gasteiger charge is -2.06. The molecule has 2 heterocycles. The lowest BCUT2D eigenvalue weighted by Crippen LogP contribution is -2.07. The fourth-order valence-corrected chi connectivity index (χ4v) is 6.58. The van der Waals surface area contributed by atoms with Gasteiger partial charge in [-0.05, 0) is 82.6 Å². The highest BCUT2D eigenvalue weighted by Gasteiger charge is 2.19. The normalized spacial score (nSPS) is 14.7. The van der Waals surface area contributed by atoms with Gasteiger partial charge in [-0.15, -0.1) is 20.4 Å². The second kappa shape index (κ2) is 11.1. The Morgan fingerprint density at radius 2 is 0.917 bits per heavy atom. The standard InChI is InChI=1S/C34H22N6O6S2/c41-47(42,43)27-13-15-29-23(19-27)7-17-31-33(29)37-39(35-31)25-9-3-21(4-10-25)1-2-22-5-11-26(12-6-22)40-36-32-18-8-24-20-28(48(44,45)46)14-16-30(24)34(32)38-40/h1-20H,(H2-2,41,42,43,44,45,46)/b2-1+. The Morgan fingerprint density at radius 3 is 1.29 bits per heavy atom. The predicted molar refractivity (Wildman–Crippen MR) is 181 cm³/mol. The molecule has 6 aromatic carbocycles. The molecule has 48 heavy (non-hydrogen) atoms. The zero-order valence-corrected chi connectivity index (χ0v) is 26.2. The Labute approximate surface area is 274 Å². The van der Waals surface area contributed by atoms with Crippen molar-refractivity contribution < 1.29 is 26.6 Å². The topological polar surface area (TPSA) is 182 Å². The summed E-state index contributed by atoms with van der Waals surface area (Å²) in [6.07, 6.45) is 3.97. The molecule has 0 radical (unpaired) electrons. The van der Waals surface area contributed by atoms with Crippen molar-refractivity contribution in [1.82, 2.24) is 30.0 Å². The number of rotatable bonds is 6. The first-order valence-corrected chi connectivity index (χ1v) is 17.3. The molecule has 8 rings (SSSR count). The first-order chi connectivity index (χ1) is 23.0. The maximum Gasteiger partial charge on any atom is 0.220 e. The largest absolute Gasteiger partial charge is 0.582 e. The number of hydrogen-bond acceptors (Lipinski definition) is 8. The smallest absolute Gasteiger partial charge is 0.220 e. The van der Waals surface area contributed by atoms with Gasteiger partial charge in [0, 0.05) is 22.9 Å². The van der Waals surface area contributed by atoms with Crippen LogP contribution in [-0.2, 0) is 29.4 Å². The number of fused-ring (bicyclic) bond motifs is 6. The van der Waals surface area contributed by atoms with Gasteiger partial charge in [0.05, 0.1) is 11.4 Å². The van der Waals surface area contributed by atoms with E-state index < -0.39 is 21.0 Å². The molecule has 2 unspecified atom stereocenters. The van der Waals surface area contributed by atoms with Gasteiger partial charge in [-0.3, -0.25) is 0 Å². The van der Waals surface area contributed by atoms with E-state index in [9.17, 15) is 26.6 Å². The number of aromatic nitrogens is 6. The molecule has 236 valence electrons. The van der Waals surface area contributed by atoms with Crippen LogP contribution in [0.3, 0.4) is 0 Å². The lowest BCUT2D eigenvalue weighted by atomic mass is 10.1. The summed E-state index contributed by atoms with van der Waals surface area (Å²) in [5.41, 5.74) is 5.96. The minimum atomic E-state index is -4.31. The van der Waals surface area contributed by atoms with Crippen molar-refractivity contribution in [3.05, 3.63) is 120 Å². The summed E-state index contributed by atoms with van der Waals surface area (Å²) in [5.74, 6) is 0. The average Bonchev–Trinajstić information content (AvgIpc) is 3.72. The van der Waals surface area contributed by atoms with Crippen molar-refractivity contribution in [3.63, 3.8) is 0 Å². The van der Waals surface area contributed by atoms with Crippen molar-refractivity contribution in [2.24, 2.45) is 0 Å². The second-order valence-corrected chi connectivity index (χ2v) is 13.9. The molecular weight excluding hydrogens is 653 g/mol. The Bertz CT molecular complexity index is 2490. The van der Waals surface area contributed by atoms with Gasteiger partial charge in [-0.25, -0.2) is 0 Å². The molecule has 0 aliphatic carbocycles. The van der Waals surface area contributed by atoms with Crippen molar-refractivity contribution in [3.8, 4) is 11.4 Å². The maximum absolute atomic E-state index is 11.5. The van der Waals surface area contributed by atoms with Crippen LogP contribution in [0, 0.1) is 0 Å². The van der Waals surface area contributed by atoms with Crippen LogP contribution in [0.2, 0.25) is 0 Å². The van der Waals surface area contributed by atoms with Gasteiger partial charge in [0.2, 0.25) is 21.0 Å². The molecule has 0 fully saturated rings. The molecule has 0 saturated heterocycles. The summed E-state index contributed by atoms with van der Waals surface area (Å²) in [7, 11) is -8.63. The van der Waals surface area contributed by atoms with E-state index in [-0.39, 0.29) is 9.79 Å². The summed E-state index contributed by atoms with van der Waals surface area (Å²) in [6, 6.07) is 31.2. The molecule has 8 aromatic rings. The van der Waals surface area contributed by atoms with E-state index in [4.69, 9.17) is 0 Å². The van der Waals surface area contributed by atoms with Crippen molar-refractivity contribution in [1.29, 1.82) is 0 Å². The van der Waals surface area contributed by atoms with E-state index in [1.807, 2.05) is 60.7 Å². The summed E-state index contributed by atoms with van der Waals surface area (Å²) in [6.45, 7) is 0. The zero-order valence-electron chi connectivity index (χ0n) is 24.6. The van der Waals surface area contributed by atoms with Gasteiger partial charge in [0.25, 0.3) is 0 Å². The maximum atomic E-state index is 11.5. The molecule has 2 N–H and O–H groups in total. The summed E-state index contributed by atoms with van der Waals surface area (Å²) in [5, 5.41) is 21.1. The number of hydrogen-bond donors (Lipinski definition) is 2. The average molecular weight is 675 g/mol. The van der Waals surface area contributed by atoms with Gasteiger partial charge >= 0.3 is 0 Å². The molecule has 0 bridgehead atoms. The number of nitrogens with zero attached hydrogens (tertiary/aromatic N) is 6. The fourth-order valence-electron chi connectivity index (χ4n) is 5.55. The molecule has 12 nitrogen and oxygen atoms in total. The van der Waals surface area contributed by atoms with Crippen LogP contribution in [0.25, 0.3) is 67.1 Å². The van der Waals surface area contributed by atoms with Crippen molar-refractivity contribution in [2.45, 2.75) is 9.79 Å². The third-order valence-corrected chi connectivity index (χ3v) is 9.69. The van der Waals surface area contributed by atoms with E-state index >= 15 is 0 Å². The van der Waals surface area contributed by atoms with E-state index in [2.05, 4.69) is 20.4 Å². The lowest BCUT2D eigenvalue weighted by molar-refractivity contribution is 0.382. The molecular formula is C34H22N6O6S2. The minimum Gasteiger partial charge on any atom is -0.582 e. The Hall–Kier alpha value is -5.48. The van der Waals surface area contributed by atoms with Gasteiger partial charge in [0.1, 0.15) is 22.1 Å². The van der Waals surface area contributed by atoms with Gasteiger partial charge in [0.15, 0.2) is 9.79 Å². The van der Waals surface area contributed by atoms with Gasteiger partial charge < -0.3 is 9.11 Å². The van der Waals surface area contributed by atoms with Gasteiger partial charge in [-0.1, -0.05) is 57.0 Å². The summed E-state index contributed by atoms with van der Waals surface area (Å²) < 4.78 is 64.9. The molecule has 0 amide bonds. The third-order valence-electron chi connectivity index (χ3n) is 7.99. The summed E-state index contributed by atoms with van der Waals surface area (Å²) in [4.78, 5) is 2.70. The van der Waals surface area contributed by atoms with Crippen LogP contribution in [0.5, 0.6) is 0 Å². The van der Waals surface area contributed by atoms with Gasteiger partial charge in [-0.2, -0.15) is 18.7 Å². The highest BCUT2D eigenvalue weighted by Crippen LogP contribution is 2.29. The second-order valence-electron chi connectivity index (χ2n) is 11.1. The molecule has 0 spiro atoms. The Balaban J connectivity index is 1.00. The molecule has 0 aliphatic heterocycles. The van der Waals surface area contributed by atoms with Crippen LogP contribution in [0.1, 0.15) is 11.1 Å². The fraction of sp³-hybridized carbons (Fsp3) is 0. The van der Waals surface area contributed by atoms with Crippen LogP contribution in [0.4, 0.5) is 0 Å². The molecule has 2 atom stereocenters. The van der Waals surface area contributed by atoms with Crippen LogP contribution >= 0.6 is 0 Å². The SMILES string of the molecule is O=[S+]([O-])(O)c1ccc2c(ccc3nn(-c4ccc(/C=C/c5ccc(-n6nc7ccc8cc([S+](=O)([O-])O)ccc8c7n6)cc5)cc4)nc32)c1. The van der Waals surface area contributed by atoms with E-state index in [0.717, 1.165) is 33.3 Å². The first-order valence-electron chi connectivity index (χ1n) is 14.4.